The number of fused-ring (bicyclic) bond motifs is 4. The lowest BCUT2D eigenvalue weighted by Gasteiger charge is -2.47. The molecule has 5 fully saturated rings. The van der Waals surface area contributed by atoms with Gasteiger partial charge >= 0.3 is 12.2 Å². The number of carbonyl (C=O) groups is 2. The molecule has 4 atom stereocenters. The van der Waals surface area contributed by atoms with E-state index in [0.717, 1.165) is 69.3 Å². The highest BCUT2D eigenvalue weighted by Crippen LogP contribution is 2.49. The molecule has 0 aliphatic carbocycles. The van der Waals surface area contributed by atoms with Crippen LogP contribution in [0.3, 0.4) is 0 Å². The number of rotatable bonds is 3. The van der Waals surface area contributed by atoms with Gasteiger partial charge in [0.15, 0.2) is 0 Å². The molecule has 1 aromatic carbocycles. The third-order valence-corrected chi connectivity index (χ3v) is 10.0. The van der Waals surface area contributed by atoms with Crippen LogP contribution >= 0.6 is 0 Å². The van der Waals surface area contributed by atoms with E-state index in [4.69, 9.17) is 18.9 Å². The van der Waals surface area contributed by atoms with Gasteiger partial charge in [-0.1, -0.05) is 0 Å². The summed E-state index contributed by atoms with van der Waals surface area (Å²) in [5, 5.41) is 0. The largest absolute Gasteiger partial charge is 0.444 e. The minimum atomic E-state index is -0.363. The number of piperidine rings is 2. The molecule has 1 aromatic rings. The Labute approximate surface area is 229 Å². The van der Waals surface area contributed by atoms with Crippen molar-refractivity contribution in [3.05, 3.63) is 29.6 Å². The Hall–Kier alpha value is -2.43. The highest BCUT2D eigenvalue weighted by Gasteiger charge is 2.50. The van der Waals surface area contributed by atoms with Gasteiger partial charge in [-0.25, -0.2) is 14.0 Å². The van der Waals surface area contributed by atoms with Crippen molar-refractivity contribution in [1.82, 2.24) is 9.80 Å². The Bertz CT molecular complexity index is 1090. The van der Waals surface area contributed by atoms with Gasteiger partial charge in [0.25, 0.3) is 0 Å². The van der Waals surface area contributed by atoms with Crippen LogP contribution in [0.15, 0.2) is 18.2 Å². The molecule has 9 nitrogen and oxygen atoms in total. The molecule has 0 radical (unpaired) electrons. The maximum atomic E-state index is 14.4. The predicted molar refractivity (Wildman–Crippen MR) is 141 cm³/mol. The molecule has 6 aliphatic rings. The zero-order chi connectivity index (χ0) is 26.6. The molecule has 10 heteroatoms. The summed E-state index contributed by atoms with van der Waals surface area (Å²) in [5.74, 6) is -0.269. The van der Waals surface area contributed by atoms with Crippen LogP contribution in [0.2, 0.25) is 0 Å². The molecule has 1 spiro atoms. The maximum Gasteiger partial charge on any atom is 0.414 e. The van der Waals surface area contributed by atoms with Crippen molar-refractivity contribution in [1.29, 1.82) is 0 Å². The number of amides is 2. The van der Waals surface area contributed by atoms with Gasteiger partial charge in [0, 0.05) is 44.4 Å². The summed E-state index contributed by atoms with van der Waals surface area (Å²) in [6, 6.07) is 5.66. The van der Waals surface area contributed by atoms with Crippen molar-refractivity contribution in [3.63, 3.8) is 0 Å². The number of likely N-dealkylation sites (tertiary alicyclic amines) is 1. The zero-order valence-electron chi connectivity index (χ0n) is 22.4. The molecule has 0 saturated carbocycles. The fourth-order valence-electron chi connectivity index (χ4n) is 7.91. The van der Waals surface area contributed by atoms with Crippen molar-refractivity contribution >= 4 is 17.9 Å². The van der Waals surface area contributed by atoms with E-state index in [9.17, 15) is 14.0 Å². The quantitative estimate of drug-likeness (QED) is 0.567. The number of carbonyl (C=O) groups excluding carboxylic acids is 2. The lowest BCUT2D eigenvalue weighted by atomic mass is 9.73. The second kappa shape index (κ2) is 10.2. The molecule has 0 aromatic heterocycles. The number of hydrogen-bond acceptors (Lipinski definition) is 7. The molecule has 5 saturated heterocycles. The first kappa shape index (κ1) is 25.5. The standard InChI is InChI=1S/C29H38FN3O6.H2/c30-19-1-4-26-25(13-19)29(18-32(26)27(34)38-23-5-11-36-16-23)7-9-31(10-8-29)22-14-20-2-3-21(15-22)33(20)28(35)39-24-6-12-37-17-24;/h1,4,13,20-24H,2-3,5-12,14-18H2;1H/t20?,21?,22?,23-,24-;/m1./s1. The Morgan fingerprint density at radius 2 is 1.54 bits per heavy atom. The molecular weight excluding hydrogens is 505 g/mol. The summed E-state index contributed by atoms with van der Waals surface area (Å²) >= 11 is 0. The minimum Gasteiger partial charge on any atom is -0.444 e. The summed E-state index contributed by atoms with van der Waals surface area (Å²) in [6.07, 6.45) is 6.34. The molecule has 0 N–H and O–H groups in total. The molecular formula is C29H40FN3O6. The summed E-state index contributed by atoms with van der Waals surface area (Å²) in [7, 11) is 0. The number of anilines is 1. The van der Waals surface area contributed by atoms with E-state index in [1.54, 1.807) is 17.0 Å². The highest BCUT2D eigenvalue weighted by molar-refractivity contribution is 5.91. The fraction of sp³-hybridized carbons (Fsp3) is 0.724. The van der Waals surface area contributed by atoms with Gasteiger partial charge in [-0.15, -0.1) is 0 Å². The van der Waals surface area contributed by atoms with Crippen molar-refractivity contribution in [2.45, 2.75) is 87.1 Å². The summed E-state index contributed by atoms with van der Waals surface area (Å²) in [4.78, 5) is 32.4. The van der Waals surface area contributed by atoms with E-state index in [-0.39, 0.29) is 49.1 Å². The third-order valence-electron chi connectivity index (χ3n) is 10.0. The summed E-state index contributed by atoms with van der Waals surface area (Å²) < 4.78 is 36.7. The maximum absolute atomic E-state index is 14.4. The van der Waals surface area contributed by atoms with Crippen molar-refractivity contribution < 1.29 is 34.4 Å². The molecule has 214 valence electrons. The predicted octanol–water partition coefficient (Wildman–Crippen LogP) is 4.07. The first-order chi connectivity index (χ1) is 19.0. The number of ether oxygens (including phenoxy) is 4. The van der Waals surface area contributed by atoms with E-state index in [0.29, 0.717) is 45.4 Å². The second-order valence-electron chi connectivity index (χ2n) is 12.2. The third kappa shape index (κ3) is 4.68. The van der Waals surface area contributed by atoms with Crippen LogP contribution in [0.1, 0.15) is 58.4 Å². The van der Waals surface area contributed by atoms with Gasteiger partial charge in [-0.3, -0.25) is 4.90 Å². The van der Waals surface area contributed by atoms with Crippen molar-refractivity contribution in [3.8, 4) is 0 Å². The SMILES string of the molecule is O=C(O[C@@H]1CCOC1)N1CC2(CCN(C3CC4CCC(C3)N4C(=O)O[C@@H]3CCOC3)CC2)c2cc(F)ccc21.[HH]. The number of benzene rings is 1. The van der Waals surface area contributed by atoms with Crippen molar-refractivity contribution in [2.24, 2.45) is 0 Å². The van der Waals surface area contributed by atoms with Gasteiger partial charge in [-0.2, -0.15) is 0 Å². The van der Waals surface area contributed by atoms with Crippen LogP contribution in [0.5, 0.6) is 0 Å². The van der Waals surface area contributed by atoms with E-state index in [2.05, 4.69) is 4.90 Å². The normalized spacial score (nSPS) is 33.5. The monoisotopic (exact) mass is 545 g/mol. The van der Waals surface area contributed by atoms with Crippen LogP contribution < -0.4 is 4.90 Å². The Balaban J connectivity index is 0.00000289. The molecule has 6 heterocycles. The van der Waals surface area contributed by atoms with Gasteiger partial charge in [0.1, 0.15) is 18.0 Å². The van der Waals surface area contributed by atoms with Gasteiger partial charge < -0.3 is 28.7 Å². The smallest absolute Gasteiger partial charge is 0.414 e. The number of hydrogen-bond donors (Lipinski definition) is 0. The first-order valence-electron chi connectivity index (χ1n) is 14.7. The Morgan fingerprint density at radius 3 is 2.15 bits per heavy atom. The van der Waals surface area contributed by atoms with Gasteiger partial charge in [-0.05, 0) is 75.4 Å². The average molecular weight is 546 g/mol. The van der Waals surface area contributed by atoms with Gasteiger partial charge in [0.2, 0.25) is 0 Å². The van der Waals surface area contributed by atoms with Crippen LogP contribution in [0, 0.1) is 5.82 Å². The second-order valence-corrected chi connectivity index (χ2v) is 12.2. The van der Waals surface area contributed by atoms with E-state index in [1.165, 1.54) is 6.07 Å². The molecule has 2 amide bonds. The number of halogens is 1. The molecule has 6 aliphatic heterocycles. The van der Waals surface area contributed by atoms with E-state index >= 15 is 0 Å². The molecule has 2 bridgehead atoms. The first-order valence-corrected chi connectivity index (χ1v) is 14.7. The highest BCUT2D eigenvalue weighted by atomic mass is 19.1. The fourth-order valence-corrected chi connectivity index (χ4v) is 7.91. The lowest BCUT2D eigenvalue weighted by molar-refractivity contribution is 0.00963. The van der Waals surface area contributed by atoms with E-state index in [1.807, 2.05) is 4.90 Å². The van der Waals surface area contributed by atoms with E-state index < -0.39 is 0 Å². The Morgan fingerprint density at radius 1 is 0.897 bits per heavy atom. The lowest BCUT2D eigenvalue weighted by Crippen LogP contribution is -2.56. The van der Waals surface area contributed by atoms with Crippen molar-refractivity contribution in [2.75, 3.05) is 51.0 Å². The zero-order valence-corrected chi connectivity index (χ0v) is 22.4. The van der Waals surface area contributed by atoms with Crippen LogP contribution in [0.25, 0.3) is 0 Å². The van der Waals surface area contributed by atoms with Crippen LogP contribution in [-0.4, -0.2) is 98.4 Å². The topological polar surface area (TPSA) is 80.8 Å². The number of nitrogens with zero attached hydrogens (tertiary/aromatic N) is 3. The summed E-state index contributed by atoms with van der Waals surface area (Å²) in [6.45, 7) is 4.51. The summed E-state index contributed by atoms with van der Waals surface area (Å²) in [5.41, 5.74) is 1.42. The van der Waals surface area contributed by atoms with Crippen LogP contribution in [-0.2, 0) is 24.4 Å². The van der Waals surface area contributed by atoms with Crippen LogP contribution in [0.4, 0.5) is 19.7 Å². The minimum absolute atomic E-state index is 0. The Kier molecular flexibility index (Phi) is 6.67. The average Bonchev–Trinajstić information content (AvgIpc) is 3.73. The molecule has 39 heavy (non-hydrogen) atoms. The molecule has 7 rings (SSSR count). The van der Waals surface area contributed by atoms with Gasteiger partial charge in [0.05, 0.1) is 32.1 Å². The molecule has 2 unspecified atom stereocenters.